The molecule has 0 aliphatic carbocycles. The second-order valence-corrected chi connectivity index (χ2v) is 7.25. The minimum atomic E-state index is 0.301. The molecule has 0 bridgehead atoms. The van der Waals surface area contributed by atoms with Gasteiger partial charge in [0.05, 0.1) is 11.6 Å². The third-order valence-corrected chi connectivity index (χ3v) is 5.44. The van der Waals surface area contributed by atoms with Crippen LogP contribution in [0.2, 0.25) is 0 Å². The Kier molecular flexibility index (Phi) is 5.69. The van der Waals surface area contributed by atoms with Crippen molar-refractivity contribution in [3.63, 3.8) is 0 Å². The fraction of sp³-hybridized carbons (Fsp3) is 0.200. The van der Waals surface area contributed by atoms with Crippen LogP contribution in [-0.2, 0) is 11.2 Å². The van der Waals surface area contributed by atoms with Gasteiger partial charge in [0.25, 0.3) is 0 Å². The van der Waals surface area contributed by atoms with E-state index in [2.05, 4.69) is 40.6 Å². The van der Waals surface area contributed by atoms with Crippen LogP contribution in [0.4, 0.5) is 5.69 Å². The van der Waals surface area contributed by atoms with Crippen molar-refractivity contribution in [2.45, 2.75) is 12.5 Å². The fourth-order valence-electron chi connectivity index (χ4n) is 3.99. The van der Waals surface area contributed by atoms with E-state index in [9.17, 15) is 10.1 Å². The zero-order valence-corrected chi connectivity index (χ0v) is 16.1. The van der Waals surface area contributed by atoms with Gasteiger partial charge in [-0.15, -0.1) is 0 Å². The van der Waals surface area contributed by atoms with Crippen molar-refractivity contribution in [2.75, 3.05) is 24.5 Å². The summed E-state index contributed by atoms with van der Waals surface area (Å²) in [4.78, 5) is 13.3. The highest BCUT2D eigenvalue weighted by Gasteiger charge is 2.23. The van der Waals surface area contributed by atoms with E-state index in [4.69, 9.17) is 0 Å². The van der Waals surface area contributed by atoms with Gasteiger partial charge in [-0.2, -0.15) is 5.26 Å². The highest BCUT2D eigenvalue weighted by Crippen LogP contribution is 2.28. The summed E-state index contributed by atoms with van der Waals surface area (Å²) in [5.41, 5.74) is 5.87. The molecule has 1 unspecified atom stereocenters. The van der Waals surface area contributed by atoms with Gasteiger partial charge in [-0.25, -0.2) is 0 Å². The van der Waals surface area contributed by atoms with Gasteiger partial charge in [0.1, 0.15) is 0 Å². The summed E-state index contributed by atoms with van der Waals surface area (Å²) in [5, 5.41) is 12.8. The number of nitriles is 1. The van der Waals surface area contributed by atoms with Crippen LogP contribution < -0.4 is 10.2 Å². The van der Waals surface area contributed by atoms with Crippen LogP contribution in [0.5, 0.6) is 0 Å². The van der Waals surface area contributed by atoms with Crippen LogP contribution in [0.15, 0.2) is 72.8 Å². The highest BCUT2D eigenvalue weighted by molar-refractivity contribution is 5.76. The van der Waals surface area contributed by atoms with Crippen molar-refractivity contribution in [1.82, 2.24) is 5.32 Å². The Balaban J connectivity index is 1.63. The predicted octanol–water partition coefficient (Wildman–Crippen LogP) is 3.70. The zero-order chi connectivity index (χ0) is 20.1. The van der Waals surface area contributed by atoms with E-state index >= 15 is 0 Å². The molecule has 4 rings (SSSR count). The number of nitrogens with zero attached hydrogens (tertiary/aromatic N) is 2. The Hall–Kier alpha value is -3.42. The quantitative estimate of drug-likeness (QED) is 0.733. The van der Waals surface area contributed by atoms with Crippen molar-refractivity contribution in [3.8, 4) is 17.2 Å². The van der Waals surface area contributed by atoms with Crippen LogP contribution in [0, 0.1) is 11.3 Å². The molecule has 1 atom stereocenters. The Morgan fingerprint density at radius 3 is 2.62 bits per heavy atom. The average molecular weight is 380 g/mol. The molecule has 1 fully saturated rings. The molecule has 0 spiro atoms. The van der Waals surface area contributed by atoms with Crippen LogP contribution in [-0.4, -0.2) is 32.0 Å². The number of anilines is 1. The van der Waals surface area contributed by atoms with E-state index in [1.54, 1.807) is 0 Å². The maximum Gasteiger partial charge on any atom is 0.233 e. The summed E-state index contributed by atoms with van der Waals surface area (Å²) < 4.78 is 0. The molecular weight excluding hydrogens is 358 g/mol. The van der Waals surface area contributed by atoms with E-state index in [0.717, 1.165) is 37.3 Å². The van der Waals surface area contributed by atoms with Gasteiger partial charge < -0.3 is 10.2 Å². The summed E-state index contributed by atoms with van der Waals surface area (Å²) in [5.74, 6) is 0. The number of piperazine rings is 1. The first-order chi connectivity index (χ1) is 14.3. The number of rotatable bonds is 5. The normalized spacial score (nSPS) is 16.2. The lowest BCUT2D eigenvalue weighted by molar-refractivity contribution is 0.474. The van der Waals surface area contributed by atoms with Crippen molar-refractivity contribution >= 4 is 12.0 Å². The molecule has 1 N–H and O–H groups in total. The molecule has 4 nitrogen and oxygen atoms in total. The van der Waals surface area contributed by atoms with Gasteiger partial charge in [0.15, 0.2) is 0 Å². The largest absolute Gasteiger partial charge is 0.366 e. The standard InChI is InChI=1S/C25H22N3O/c26-16-20-4-3-6-21(14-20)25-7-2-1-5-22(25)15-24-17-27-12-13-28(24)23-10-8-19(18-29)9-11-23/h1-11,14,24,27H,12-13,15,17H2. The molecule has 143 valence electrons. The Labute approximate surface area is 171 Å². The number of benzene rings is 3. The molecule has 1 radical (unpaired) electrons. The lowest BCUT2D eigenvalue weighted by Crippen LogP contribution is -2.52. The number of carbonyl (C=O) groups excluding carboxylic acids is 1. The van der Waals surface area contributed by atoms with Gasteiger partial charge >= 0.3 is 0 Å². The van der Waals surface area contributed by atoms with E-state index in [0.29, 0.717) is 17.2 Å². The van der Waals surface area contributed by atoms with Crippen LogP contribution in [0.3, 0.4) is 0 Å². The van der Waals surface area contributed by atoms with Crippen molar-refractivity contribution in [3.05, 3.63) is 89.5 Å². The summed E-state index contributed by atoms with van der Waals surface area (Å²) >= 11 is 0. The van der Waals surface area contributed by atoms with Gasteiger partial charge in [-0.05, 0) is 59.5 Å². The zero-order valence-electron chi connectivity index (χ0n) is 16.1. The minimum absolute atomic E-state index is 0.301. The SMILES string of the molecule is N#Cc1cccc(-c2ccccc2CC2CNCCN2c2ccc([C]=O)cc2)c1. The van der Waals surface area contributed by atoms with Gasteiger partial charge in [0, 0.05) is 36.9 Å². The molecule has 3 aromatic carbocycles. The van der Waals surface area contributed by atoms with Crippen molar-refractivity contribution in [2.24, 2.45) is 0 Å². The summed E-state index contributed by atoms with van der Waals surface area (Å²) in [6.07, 6.45) is 2.83. The fourth-order valence-corrected chi connectivity index (χ4v) is 3.99. The molecule has 0 amide bonds. The Morgan fingerprint density at radius 2 is 1.83 bits per heavy atom. The number of nitrogens with one attached hydrogen (secondary N) is 1. The second-order valence-electron chi connectivity index (χ2n) is 7.25. The minimum Gasteiger partial charge on any atom is -0.366 e. The third kappa shape index (κ3) is 4.21. The van der Waals surface area contributed by atoms with Crippen molar-refractivity contribution < 1.29 is 4.79 Å². The molecule has 4 heteroatoms. The Morgan fingerprint density at radius 1 is 1.00 bits per heavy atom. The second kappa shape index (κ2) is 8.72. The van der Waals surface area contributed by atoms with Crippen LogP contribution in [0.1, 0.15) is 16.7 Å². The number of hydrogen-bond donors (Lipinski definition) is 1. The molecule has 3 aromatic rings. The highest BCUT2D eigenvalue weighted by atomic mass is 16.1. The van der Waals surface area contributed by atoms with Crippen LogP contribution >= 0.6 is 0 Å². The monoisotopic (exact) mass is 380 g/mol. The molecule has 0 saturated carbocycles. The molecule has 1 aliphatic heterocycles. The third-order valence-electron chi connectivity index (χ3n) is 5.44. The Bertz CT molecular complexity index is 1040. The van der Waals surface area contributed by atoms with E-state index in [-0.39, 0.29) is 0 Å². The van der Waals surface area contributed by atoms with Crippen molar-refractivity contribution in [1.29, 1.82) is 5.26 Å². The first-order valence-corrected chi connectivity index (χ1v) is 9.82. The first-order valence-electron chi connectivity index (χ1n) is 9.82. The van der Waals surface area contributed by atoms with Gasteiger partial charge in [-0.3, -0.25) is 4.79 Å². The molecular formula is C25H22N3O. The molecule has 1 saturated heterocycles. The topological polar surface area (TPSA) is 56.1 Å². The smallest absolute Gasteiger partial charge is 0.233 e. The summed E-state index contributed by atoms with van der Waals surface area (Å²) in [6.45, 7) is 2.75. The van der Waals surface area contributed by atoms with Gasteiger partial charge in [0.2, 0.25) is 6.29 Å². The van der Waals surface area contributed by atoms with Gasteiger partial charge in [-0.1, -0.05) is 36.4 Å². The molecule has 1 heterocycles. The van der Waals surface area contributed by atoms with E-state index < -0.39 is 0 Å². The summed E-state index contributed by atoms with van der Waals surface area (Å²) in [6, 6.07) is 26.4. The lowest BCUT2D eigenvalue weighted by atomic mass is 9.93. The molecule has 29 heavy (non-hydrogen) atoms. The average Bonchev–Trinajstić information content (AvgIpc) is 2.80. The van der Waals surface area contributed by atoms with E-state index in [1.807, 2.05) is 54.8 Å². The van der Waals surface area contributed by atoms with Crippen LogP contribution in [0.25, 0.3) is 11.1 Å². The molecule has 1 aliphatic rings. The maximum atomic E-state index is 10.8. The molecule has 0 aromatic heterocycles. The lowest BCUT2D eigenvalue weighted by Gasteiger charge is -2.38. The first kappa shape index (κ1) is 18.9. The van der Waals surface area contributed by atoms with E-state index in [1.165, 1.54) is 11.1 Å². The summed E-state index contributed by atoms with van der Waals surface area (Å²) in [7, 11) is 0. The maximum absolute atomic E-state index is 10.8. The predicted molar refractivity (Wildman–Crippen MR) is 116 cm³/mol. The number of hydrogen-bond acceptors (Lipinski definition) is 4.